The number of hydrogen-bond acceptors (Lipinski definition) is 3. The highest BCUT2D eigenvalue weighted by molar-refractivity contribution is 5.14. The molecule has 1 aromatic carbocycles. The standard InChI is InChI=1S/C17H26N2O/c20-17-7-4-10-19(14-17)16-8-11-18(12-9-16)13-15-5-2-1-3-6-15/h1-3,5-6,16-17,20H,4,7-14H2/t17-/m1/s1. The number of rotatable bonds is 3. The van der Waals surface area contributed by atoms with Gasteiger partial charge in [0.05, 0.1) is 6.10 Å². The maximum atomic E-state index is 9.80. The number of piperidine rings is 2. The predicted octanol–water partition coefficient (Wildman–Crippen LogP) is 2.11. The summed E-state index contributed by atoms with van der Waals surface area (Å²) >= 11 is 0. The van der Waals surface area contributed by atoms with Crippen molar-refractivity contribution >= 4 is 0 Å². The van der Waals surface area contributed by atoms with E-state index in [0.29, 0.717) is 6.04 Å². The molecule has 3 heteroatoms. The Labute approximate surface area is 122 Å². The second kappa shape index (κ2) is 6.70. The van der Waals surface area contributed by atoms with E-state index >= 15 is 0 Å². The lowest BCUT2D eigenvalue weighted by Crippen LogP contribution is -2.49. The van der Waals surface area contributed by atoms with Gasteiger partial charge in [-0.2, -0.15) is 0 Å². The molecular formula is C17H26N2O. The summed E-state index contributed by atoms with van der Waals surface area (Å²) in [7, 11) is 0. The molecule has 0 aliphatic carbocycles. The maximum Gasteiger partial charge on any atom is 0.0667 e. The first-order valence-electron chi connectivity index (χ1n) is 7.99. The Kier molecular flexibility index (Phi) is 4.71. The van der Waals surface area contributed by atoms with Crippen LogP contribution in [-0.4, -0.2) is 53.2 Å². The highest BCUT2D eigenvalue weighted by atomic mass is 16.3. The summed E-state index contributed by atoms with van der Waals surface area (Å²) in [6.45, 7) is 5.53. The molecule has 3 rings (SSSR count). The molecule has 1 N–H and O–H groups in total. The Bertz CT molecular complexity index is 401. The van der Waals surface area contributed by atoms with Crippen molar-refractivity contribution in [3.05, 3.63) is 35.9 Å². The molecule has 2 heterocycles. The number of β-amino-alcohol motifs (C(OH)–C–C–N with tert-alkyl or cyclic N) is 1. The zero-order valence-corrected chi connectivity index (χ0v) is 12.2. The number of nitrogens with zero attached hydrogens (tertiary/aromatic N) is 2. The van der Waals surface area contributed by atoms with E-state index < -0.39 is 0 Å². The van der Waals surface area contributed by atoms with Crippen LogP contribution in [0.1, 0.15) is 31.2 Å². The summed E-state index contributed by atoms with van der Waals surface area (Å²) in [6.07, 6.45) is 4.56. The molecule has 110 valence electrons. The van der Waals surface area contributed by atoms with E-state index in [9.17, 15) is 5.11 Å². The molecule has 2 fully saturated rings. The molecule has 0 saturated carbocycles. The monoisotopic (exact) mass is 274 g/mol. The van der Waals surface area contributed by atoms with E-state index in [2.05, 4.69) is 40.1 Å². The lowest BCUT2D eigenvalue weighted by atomic mass is 9.98. The Morgan fingerprint density at radius 3 is 2.45 bits per heavy atom. The molecule has 0 aromatic heterocycles. The summed E-state index contributed by atoms with van der Waals surface area (Å²) < 4.78 is 0. The largest absolute Gasteiger partial charge is 0.392 e. The van der Waals surface area contributed by atoms with Gasteiger partial charge in [-0.3, -0.25) is 9.80 Å². The van der Waals surface area contributed by atoms with E-state index in [4.69, 9.17) is 0 Å². The third-order valence-corrected chi connectivity index (χ3v) is 4.75. The van der Waals surface area contributed by atoms with Crippen molar-refractivity contribution in [2.75, 3.05) is 26.2 Å². The van der Waals surface area contributed by atoms with Crippen LogP contribution in [0.4, 0.5) is 0 Å². The molecule has 0 bridgehead atoms. The first kappa shape index (κ1) is 14.1. The van der Waals surface area contributed by atoms with Crippen LogP contribution in [0.5, 0.6) is 0 Å². The van der Waals surface area contributed by atoms with Gasteiger partial charge in [0.25, 0.3) is 0 Å². The lowest BCUT2D eigenvalue weighted by molar-refractivity contribution is 0.0243. The van der Waals surface area contributed by atoms with Crippen LogP contribution >= 0.6 is 0 Å². The molecule has 1 aromatic rings. The summed E-state index contributed by atoms with van der Waals surface area (Å²) in [6, 6.07) is 11.4. The molecule has 2 aliphatic heterocycles. The van der Waals surface area contributed by atoms with Crippen LogP contribution in [-0.2, 0) is 6.54 Å². The predicted molar refractivity (Wildman–Crippen MR) is 81.6 cm³/mol. The molecule has 1 atom stereocenters. The Morgan fingerprint density at radius 2 is 1.75 bits per heavy atom. The first-order chi connectivity index (χ1) is 9.81. The van der Waals surface area contributed by atoms with Gasteiger partial charge in [0.2, 0.25) is 0 Å². The van der Waals surface area contributed by atoms with E-state index in [0.717, 1.165) is 25.9 Å². The fourth-order valence-corrected chi connectivity index (χ4v) is 3.60. The van der Waals surface area contributed by atoms with Crippen LogP contribution in [0, 0.1) is 0 Å². The Hall–Kier alpha value is -0.900. The molecule has 0 spiro atoms. The van der Waals surface area contributed by atoms with Gasteiger partial charge in [0, 0.05) is 19.1 Å². The lowest BCUT2D eigenvalue weighted by Gasteiger charge is -2.41. The highest BCUT2D eigenvalue weighted by Crippen LogP contribution is 2.22. The van der Waals surface area contributed by atoms with E-state index in [-0.39, 0.29) is 6.10 Å². The Balaban J connectivity index is 1.47. The molecule has 0 unspecified atom stereocenters. The maximum absolute atomic E-state index is 9.80. The number of benzene rings is 1. The van der Waals surface area contributed by atoms with Gasteiger partial charge in [-0.25, -0.2) is 0 Å². The van der Waals surface area contributed by atoms with Gasteiger partial charge in [0.15, 0.2) is 0 Å². The third kappa shape index (κ3) is 3.60. The SMILES string of the molecule is O[C@@H]1CCCN(C2CCN(Cc3ccccc3)CC2)C1. The molecule has 0 radical (unpaired) electrons. The van der Waals surface area contributed by atoms with Crippen LogP contribution in [0.15, 0.2) is 30.3 Å². The quantitative estimate of drug-likeness (QED) is 0.914. The smallest absolute Gasteiger partial charge is 0.0667 e. The molecule has 2 aliphatic rings. The molecule has 20 heavy (non-hydrogen) atoms. The number of likely N-dealkylation sites (tertiary alicyclic amines) is 2. The minimum Gasteiger partial charge on any atom is -0.392 e. The van der Waals surface area contributed by atoms with Gasteiger partial charge in [0.1, 0.15) is 0 Å². The number of aliphatic hydroxyl groups excluding tert-OH is 1. The van der Waals surface area contributed by atoms with Crippen LogP contribution < -0.4 is 0 Å². The second-order valence-corrected chi connectivity index (χ2v) is 6.28. The van der Waals surface area contributed by atoms with Crippen molar-refractivity contribution in [3.63, 3.8) is 0 Å². The summed E-state index contributed by atoms with van der Waals surface area (Å²) in [5.74, 6) is 0. The Morgan fingerprint density at radius 1 is 1.00 bits per heavy atom. The third-order valence-electron chi connectivity index (χ3n) is 4.75. The van der Waals surface area contributed by atoms with Crippen LogP contribution in [0.25, 0.3) is 0 Å². The normalized spacial score (nSPS) is 26.8. The molecular weight excluding hydrogens is 248 g/mol. The van der Waals surface area contributed by atoms with Crippen molar-refractivity contribution < 1.29 is 5.11 Å². The summed E-state index contributed by atoms with van der Waals surface area (Å²) in [4.78, 5) is 5.08. The number of aliphatic hydroxyl groups is 1. The van der Waals surface area contributed by atoms with E-state index in [1.165, 1.54) is 38.0 Å². The topological polar surface area (TPSA) is 26.7 Å². The first-order valence-corrected chi connectivity index (χ1v) is 7.99. The summed E-state index contributed by atoms with van der Waals surface area (Å²) in [5.41, 5.74) is 1.42. The van der Waals surface area contributed by atoms with Crippen molar-refractivity contribution in [1.82, 2.24) is 9.80 Å². The van der Waals surface area contributed by atoms with Crippen LogP contribution in [0.3, 0.4) is 0 Å². The van der Waals surface area contributed by atoms with Crippen molar-refractivity contribution in [1.29, 1.82) is 0 Å². The second-order valence-electron chi connectivity index (χ2n) is 6.28. The fourth-order valence-electron chi connectivity index (χ4n) is 3.60. The minimum atomic E-state index is -0.0916. The van der Waals surface area contributed by atoms with Crippen LogP contribution in [0.2, 0.25) is 0 Å². The van der Waals surface area contributed by atoms with E-state index in [1.807, 2.05) is 0 Å². The fraction of sp³-hybridized carbons (Fsp3) is 0.647. The van der Waals surface area contributed by atoms with Gasteiger partial charge >= 0.3 is 0 Å². The van der Waals surface area contributed by atoms with Gasteiger partial charge < -0.3 is 5.11 Å². The molecule has 3 nitrogen and oxygen atoms in total. The molecule has 2 saturated heterocycles. The average molecular weight is 274 g/mol. The molecule has 0 amide bonds. The summed E-state index contributed by atoms with van der Waals surface area (Å²) in [5, 5.41) is 9.80. The van der Waals surface area contributed by atoms with Gasteiger partial charge in [-0.05, 0) is 50.9 Å². The zero-order valence-electron chi connectivity index (χ0n) is 12.2. The van der Waals surface area contributed by atoms with Gasteiger partial charge in [-0.1, -0.05) is 30.3 Å². The number of hydrogen-bond donors (Lipinski definition) is 1. The van der Waals surface area contributed by atoms with Gasteiger partial charge in [-0.15, -0.1) is 0 Å². The van der Waals surface area contributed by atoms with Crippen molar-refractivity contribution in [2.45, 2.75) is 44.4 Å². The minimum absolute atomic E-state index is 0.0916. The van der Waals surface area contributed by atoms with Crippen molar-refractivity contribution in [3.8, 4) is 0 Å². The zero-order chi connectivity index (χ0) is 13.8. The van der Waals surface area contributed by atoms with Crippen molar-refractivity contribution in [2.24, 2.45) is 0 Å². The average Bonchev–Trinajstić information content (AvgIpc) is 2.49. The van der Waals surface area contributed by atoms with E-state index in [1.54, 1.807) is 0 Å². The highest BCUT2D eigenvalue weighted by Gasteiger charge is 2.27.